The topological polar surface area (TPSA) is 63.3 Å². The number of halogens is 1. The van der Waals surface area contributed by atoms with Crippen LogP contribution in [0.25, 0.3) is 0 Å². The molecule has 5 nitrogen and oxygen atoms in total. The number of nitriles is 2. The number of rotatable bonds is 13. The lowest BCUT2D eigenvalue weighted by Gasteiger charge is -2.32. The zero-order valence-corrected chi connectivity index (χ0v) is 21.0. The van der Waals surface area contributed by atoms with Crippen molar-refractivity contribution < 1.29 is 9.13 Å². The Labute approximate surface area is 209 Å². The summed E-state index contributed by atoms with van der Waals surface area (Å²) in [6.07, 6.45) is 3.34. The molecule has 2 aromatic carbocycles. The molecule has 0 N–H and O–H groups in total. The monoisotopic (exact) mass is 476 g/mol. The first-order valence-corrected chi connectivity index (χ1v) is 12.7. The van der Waals surface area contributed by atoms with Gasteiger partial charge in [-0.05, 0) is 56.0 Å². The van der Waals surface area contributed by atoms with Gasteiger partial charge in [0.2, 0.25) is 0 Å². The van der Waals surface area contributed by atoms with Crippen molar-refractivity contribution in [1.29, 1.82) is 10.5 Å². The quantitative estimate of drug-likeness (QED) is 0.388. The molecule has 0 amide bonds. The summed E-state index contributed by atoms with van der Waals surface area (Å²) in [4.78, 5) is 4.81. The van der Waals surface area contributed by atoms with Gasteiger partial charge in [-0.3, -0.25) is 4.90 Å². The van der Waals surface area contributed by atoms with Crippen LogP contribution < -0.4 is 4.74 Å². The Balaban J connectivity index is 1.52. The van der Waals surface area contributed by atoms with Crippen LogP contribution in [0.5, 0.6) is 5.75 Å². The van der Waals surface area contributed by atoms with Crippen LogP contribution in [0.3, 0.4) is 0 Å². The van der Waals surface area contributed by atoms with Gasteiger partial charge in [-0.2, -0.15) is 10.5 Å². The van der Waals surface area contributed by atoms with Crippen molar-refractivity contribution in [3.8, 4) is 17.9 Å². The van der Waals surface area contributed by atoms with E-state index in [-0.39, 0.29) is 11.7 Å². The van der Waals surface area contributed by atoms with E-state index in [0.717, 1.165) is 44.5 Å². The number of hydrogen-bond acceptors (Lipinski definition) is 5. The van der Waals surface area contributed by atoms with Gasteiger partial charge in [-0.1, -0.05) is 50.2 Å². The third-order valence-electron chi connectivity index (χ3n) is 7.24. The lowest BCUT2D eigenvalue weighted by Crippen LogP contribution is -2.41. The highest BCUT2D eigenvalue weighted by Gasteiger charge is 2.36. The van der Waals surface area contributed by atoms with Crippen molar-refractivity contribution in [2.45, 2.75) is 51.0 Å². The summed E-state index contributed by atoms with van der Waals surface area (Å²) in [5.41, 5.74) is 0.644. The Bertz CT molecular complexity index is 1000. The Morgan fingerprint density at radius 3 is 2.63 bits per heavy atom. The van der Waals surface area contributed by atoms with E-state index in [9.17, 15) is 9.65 Å². The molecule has 1 fully saturated rings. The maximum atomic E-state index is 13.4. The number of likely N-dealkylation sites (tertiary alicyclic amines) is 1. The summed E-state index contributed by atoms with van der Waals surface area (Å²) < 4.78 is 19.2. The minimum absolute atomic E-state index is 0.237. The van der Waals surface area contributed by atoms with Crippen molar-refractivity contribution >= 4 is 0 Å². The SMILES string of the molecule is CC(C)C(C#N)(CCCN1CCC(N(CCC#N)CCOc2cccc(F)c2)C1)c1ccccc1. The lowest BCUT2D eigenvalue weighted by molar-refractivity contribution is 0.159. The van der Waals surface area contributed by atoms with E-state index in [0.29, 0.717) is 37.9 Å². The second-order valence-electron chi connectivity index (χ2n) is 9.70. The van der Waals surface area contributed by atoms with E-state index in [1.54, 1.807) is 12.1 Å². The van der Waals surface area contributed by atoms with Crippen LogP contribution in [0.1, 0.15) is 45.1 Å². The summed E-state index contributed by atoms with van der Waals surface area (Å²) in [5, 5.41) is 19.3. The van der Waals surface area contributed by atoms with Gasteiger partial charge >= 0.3 is 0 Å². The summed E-state index contributed by atoms with van der Waals surface area (Å²) in [5.74, 6) is 0.462. The molecule has 1 heterocycles. The molecular formula is C29H37FN4O. The molecule has 0 spiro atoms. The predicted molar refractivity (Wildman–Crippen MR) is 136 cm³/mol. The molecule has 0 aromatic heterocycles. The summed E-state index contributed by atoms with van der Waals surface area (Å²) in [6, 6.07) is 21.7. The van der Waals surface area contributed by atoms with Gasteiger partial charge in [0.25, 0.3) is 0 Å². The first-order chi connectivity index (χ1) is 17.0. The highest BCUT2D eigenvalue weighted by molar-refractivity contribution is 5.33. The van der Waals surface area contributed by atoms with Crippen molar-refractivity contribution in [1.82, 2.24) is 9.80 Å². The Kier molecular flexibility index (Phi) is 10.1. The molecule has 2 aromatic rings. The number of hydrogen-bond donors (Lipinski definition) is 0. The minimum Gasteiger partial charge on any atom is -0.492 e. The average molecular weight is 477 g/mol. The Morgan fingerprint density at radius 2 is 1.94 bits per heavy atom. The van der Waals surface area contributed by atoms with Crippen molar-refractivity contribution in [2.24, 2.45) is 5.92 Å². The molecule has 1 aliphatic rings. The average Bonchev–Trinajstić information content (AvgIpc) is 3.33. The second kappa shape index (κ2) is 13.2. The standard InChI is InChI=1S/C29H37FN4O/c1-24(2)29(23-32,25-9-4-3-5-10-25)14-7-16-33-18-13-27(22-33)34(17-8-15-31)19-20-35-28-12-6-11-26(30)21-28/h3-6,9-12,21,24,27H,7-8,13-14,16-20,22H2,1-2H3. The van der Waals surface area contributed by atoms with Crippen molar-refractivity contribution in [2.75, 3.05) is 39.3 Å². The maximum Gasteiger partial charge on any atom is 0.126 e. The first-order valence-electron chi connectivity index (χ1n) is 12.7. The van der Waals surface area contributed by atoms with Crippen LogP contribution in [0.15, 0.2) is 54.6 Å². The van der Waals surface area contributed by atoms with Crippen LogP contribution in [-0.2, 0) is 5.41 Å². The van der Waals surface area contributed by atoms with Gasteiger partial charge < -0.3 is 9.64 Å². The third kappa shape index (κ3) is 7.28. The fourth-order valence-corrected chi connectivity index (χ4v) is 5.15. The molecule has 0 aliphatic carbocycles. The molecule has 2 unspecified atom stereocenters. The minimum atomic E-state index is -0.465. The number of nitrogens with zero attached hydrogens (tertiary/aromatic N) is 4. The predicted octanol–water partition coefficient (Wildman–Crippen LogP) is 5.39. The van der Waals surface area contributed by atoms with Gasteiger partial charge in [0, 0.05) is 38.2 Å². The van der Waals surface area contributed by atoms with Crippen LogP contribution >= 0.6 is 0 Å². The normalized spacial score (nSPS) is 17.7. The maximum absolute atomic E-state index is 13.4. The highest BCUT2D eigenvalue weighted by Crippen LogP contribution is 2.36. The molecule has 1 saturated heterocycles. The van der Waals surface area contributed by atoms with Crippen LogP contribution in [0.4, 0.5) is 4.39 Å². The van der Waals surface area contributed by atoms with E-state index >= 15 is 0 Å². The zero-order valence-electron chi connectivity index (χ0n) is 21.0. The molecule has 1 aliphatic heterocycles. The first kappa shape index (κ1) is 26.7. The lowest BCUT2D eigenvalue weighted by atomic mass is 9.70. The fraction of sp³-hybridized carbons (Fsp3) is 0.517. The third-order valence-corrected chi connectivity index (χ3v) is 7.24. The highest BCUT2D eigenvalue weighted by atomic mass is 19.1. The molecule has 0 bridgehead atoms. The Hall–Kier alpha value is -2.93. The smallest absolute Gasteiger partial charge is 0.126 e. The van der Waals surface area contributed by atoms with Gasteiger partial charge in [0.05, 0.1) is 17.6 Å². The van der Waals surface area contributed by atoms with Crippen molar-refractivity contribution in [3.63, 3.8) is 0 Å². The van der Waals surface area contributed by atoms with E-state index in [4.69, 9.17) is 10.00 Å². The molecular weight excluding hydrogens is 439 g/mol. The van der Waals surface area contributed by atoms with E-state index in [2.05, 4.69) is 47.9 Å². The van der Waals surface area contributed by atoms with E-state index in [1.807, 2.05) is 18.2 Å². The van der Waals surface area contributed by atoms with Crippen molar-refractivity contribution in [3.05, 3.63) is 66.0 Å². The van der Waals surface area contributed by atoms with E-state index in [1.165, 1.54) is 12.1 Å². The molecule has 2 atom stereocenters. The van der Waals surface area contributed by atoms with Gasteiger partial charge in [-0.15, -0.1) is 0 Å². The molecule has 3 rings (SSSR count). The summed E-state index contributed by atoms with van der Waals surface area (Å²) >= 11 is 0. The summed E-state index contributed by atoms with van der Waals surface area (Å²) in [7, 11) is 0. The fourth-order valence-electron chi connectivity index (χ4n) is 5.15. The summed E-state index contributed by atoms with van der Waals surface area (Å²) in [6.45, 7) is 9.09. The molecule has 6 heteroatoms. The Morgan fingerprint density at radius 1 is 1.14 bits per heavy atom. The van der Waals surface area contributed by atoms with Crippen LogP contribution in [0.2, 0.25) is 0 Å². The van der Waals surface area contributed by atoms with Gasteiger partial charge in [0.15, 0.2) is 0 Å². The zero-order chi connectivity index (χ0) is 25.1. The molecule has 186 valence electrons. The molecule has 0 radical (unpaired) electrons. The van der Waals surface area contributed by atoms with Crippen LogP contribution in [-0.4, -0.2) is 55.2 Å². The van der Waals surface area contributed by atoms with Gasteiger partial charge in [-0.25, -0.2) is 4.39 Å². The number of ether oxygens (including phenoxy) is 1. The van der Waals surface area contributed by atoms with Gasteiger partial charge in [0.1, 0.15) is 18.2 Å². The number of benzene rings is 2. The second-order valence-corrected chi connectivity index (χ2v) is 9.70. The van der Waals surface area contributed by atoms with E-state index < -0.39 is 5.41 Å². The molecule has 0 saturated carbocycles. The largest absolute Gasteiger partial charge is 0.492 e. The molecule has 35 heavy (non-hydrogen) atoms. The van der Waals surface area contributed by atoms with Crippen LogP contribution in [0, 0.1) is 34.4 Å².